The van der Waals surface area contributed by atoms with Gasteiger partial charge in [-0.2, -0.15) is 0 Å². The van der Waals surface area contributed by atoms with Crippen molar-refractivity contribution >= 4 is 11.8 Å². The van der Waals surface area contributed by atoms with Crippen LogP contribution in [0.25, 0.3) is 0 Å². The first kappa shape index (κ1) is 13.1. The number of ether oxygens (including phenoxy) is 1. The van der Waals surface area contributed by atoms with Crippen LogP contribution in [0, 0.1) is 5.82 Å². The Bertz CT molecular complexity index is 423. The Kier molecular flexibility index (Phi) is 4.59. The lowest BCUT2D eigenvalue weighted by Crippen LogP contribution is -2.38. The summed E-state index contributed by atoms with van der Waals surface area (Å²) in [5, 5.41) is 2.29. The second kappa shape index (κ2) is 5.95. The van der Waals surface area contributed by atoms with Gasteiger partial charge in [0.2, 0.25) is 0 Å². The Hall–Kier alpha value is -1.95. The van der Waals surface area contributed by atoms with Gasteiger partial charge in [0, 0.05) is 13.7 Å². The van der Waals surface area contributed by atoms with Gasteiger partial charge in [0.1, 0.15) is 5.82 Å². The summed E-state index contributed by atoms with van der Waals surface area (Å²) < 4.78 is 18.1. The highest BCUT2D eigenvalue weighted by Crippen LogP contribution is 2.16. The van der Waals surface area contributed by atoms with Crippen LogP contribution < -0.4 is 11.1 Å². The highest BCUT2D eigenvalue weighted by molar-refractivity contribution is 6.34. The maximum absolute atomic E-state index is 13.0. The summed E-state index contributed by atoms with van der Waals surface area (Å²) in [6, 6.07) is 5.79. The molecule has 0 aliphatic heterocycles. The maximum Gasteiger partial charge on any atom is 0.309 e. The quantitative estimate of drug-likeness (QED) is 0.733. The molecule has 1 atom stereocenters. The van der Waals surface area contributed by atoms with Crippen molar-refractivity contribution in [3.63, 3.8) is 0 Å². The van der Waals surface area contributed by atoms with E-state index in [1.165, 1.54) is 25.3 Å². The van der Waals surface area contributed by atoms with E-state index in [1.54, 1.807) is 6.07 Å². The molecule has 0 fully saturated rings. The highest BCUT2D eigenvalue weighted by atomic mass is 19.1. The molecular weight excluding hydrogens is 227 g/mol. The summed E-state index contributed by atoms with van der Waals surface area (Å²) in [5.74, 6) is -2.37. The summed E-state index contributed by atoms with van der Waals surface area (Å²) in [4.78, 5) is 21.4. The van der Waals surface area contributed by atoms with Gasteiger partial charge in [0.25, 0.3) is 0 Å². The molecule has 2 amide bonds. The Morgan fingerprint density at radius 1 is 1.53 bits per heavy atom. The lowest BCUT2D eigenvalue weighted by atomic mass is 10.1. The molecule has 0 bridgehead atoms. The second-order valence-corrected chi connectivity index (χ2v) is 3.35. The molecule has 0 aliphatic carbocycles. The minimum absolute atomic E-state index is 0.0434. The van der Waals surface area contributed by atoms with Gasteiger partial charge in [-0.3, -0.25) is 9.59 Å². The van der Waals surface area contributed by atoms with Gasteiger partial charge in [-0.05, 0) is 17.7 Å². The fraction of sp³-hybridized carbons (Fsp3) is 0.273. The fourth-order valence-corrected chi connectivity index (χ4v) is 1.32. The normalized spacial score (nSPS) is 11.9. The van der Waals surface area contributed by atoms with Crippen LogP contribution in [0.15, 0.2) is 24.3 Å². The van der Waals surface area contributed by atoms with E-state index >= 15 is 0 Å². The average molecular weight is 240 g/mol. The molecule has 0 radical (unpaired) electrons. The molecule has 0 heterocycles. The Morgan fingerprint density at radius 2 is 2.24 bits per heavy atom. The van der Waals surface area contributed by atoms with E-state index in [2.05, 4.69) is 5.32 Å². The van der Waals surface area contributed by atoms with E-state index in [4.69, 9.17) is 10.5 Å². The molecule has 0 aliphatic rings. The number of halogens is 1. The number of nitrogens with two attached hydrogens (primary N) is 1. The highest BCUT2D eigenvalue weighted by Gasteiger charge is 2.14. The molecule has 5 nitrogen and oxygen atoms in total. The number of benzene rings is 1. The number of primary amides is 1. The van der Waals surface area contributed by atoms with Crippen LogP contribution in [0.2, 0.25) is 0 Å². The van der Waals surface area contributed by atoms with Gasteiger partial charge in [-0.25, -0.2) is 4.39 Å². The number of methoxy groups -OCH3 is 1. The maximum atomic E-state index is 13.0. The molecule has 3 N–H and O–H groups in total. The number of hydrogen-bond donors (Lipinski definition) is 2. The Morgan fingerprint density at radius 3 is 2.76 bits per heavy atom. The summed E-state index contributed by atoms with van der Waals surface area (Å²) in [6.07, 6.45) is -0.533. The largest absolute Gasteiger partial charge is 0.375 e. The SMILES string of the molecule is COC(CNC(=O)C(N)=O)c1cccc(F)c1. The number of rotatable bonds is 4. The summed E-state index contributed by atoms with van der Waals surface area (Å²) in [7, 11) is 1.42. The second-order valence-electron chi connectivity index (χ2n) is 3.35. The van der Waals surface area contributed by atoms with Crippen LogP contribution in [0.5, 0.6) is 0 Å². The van der Waals surface area contributed by atoms with Crippen LogP contribution in [0.4, 0.5) is 4.39 Å². The van der Waals surface area contributed by atoms with Crippen molar-refractivity contribution in [2.24, 2.45) is 5.73 Å². The molecule has 0 saturated carbocycles. The molecule has 92 valence electrons. The first-order chi connectivity index (χ1) is 8.04. The van der Waals surface area contributed by atoms with E-state index in [-0.39, 0.29) is 6.54 Å². The minimum atomic E-state index is -1.07. The molecule has 6 heteroatoms. The molecule has 1 rings (SSSR count). The van der Waals surface area contributed by atoms with Crippen LogP contribution in [0.3, 0.4) is 0 Å². The van der Waals surface area contributed by atoms with Gasteiger partial charge >= 0.3 is 11.8 Å². The zero-order valence-electron chi connectivity index (χ0n) is 9.27. The van der Waals surface area contributed by atoms with Crippen molar-refractivity contribution in [1.29, 1.82) is 0 Å². The van der Waals surface area contributed by atoms with E-state index in [9.17, 15) is 14.0 Å². The lowest BCUT2D eigenvalue weighted by molar-refractivity contribution is -0.137. The Balaban J connectivity index is 2.66. The predicted octanol–water partition coefficient (Wildman–Crippen LogP) is 0.115. The zero-order chi connectivity index (χ0) is 12.8. The average Bonchev–Trinajstić information content (AvgIpc) is 2.29. The van der Waals surface area contributed by atoms with Gasteiger partial charge in [-0.1, -0.05) is 12.1 Å². The number of hydrogen-bond acceptors (Lipinski definition) is 3. The van der Waals surface area contributed by atoms with Gasteiger partial charge in [0.05, 0.1) is 6.10 Å². The predicted molar refractivity (Wildman–Crippen MR) is 58.4 cm³/mol. The van der Waals surface area contributed by atoms with E-state index in [0.717, 1.165) is 0 Å². The molecule has 17 heavy (non-hydrogen) atoms. The molecule has 1 unspecified atom stereocenters. The monoisotopic (exact) mass is 240 g/mol. The summed E-state index contributed by atoms with van der Waals surface area (Å²) in [6.45, 7) is 0.0434. The molecule has 0 saturated heterocycles. The Labute approximate surface area is 97.7 Å². The van der Waals surface area contributed by atoms with Gasteiger partial charge < -0.3 is 15.8 Å². The first-order valence-electron chi connectivity index (χ1n) is 4.90. The van der Waals surface area contributed by atoms with Crippen LogP contribution in [0.1, 0.15) is 11.7 Å². The molecule has 0 spiro atoms. The van der Waals surface area contributed by atoms with E-state index in [0.29, 0.717) is 5.56 Å². The van der Waals surface area contributed by atoms with Crippen molar-refractivity contribution in [1.82, 2.24) is 5.32 Å². The third-order valence-corrected chi connectivity index (χ3v) is 2.18. The van der Waals surface area contributed by atoms with Crippen LogP contribution in [-0.4, -0.2) is 25.5 Å². The number of amides is 2. The summed E-state index contributed by atoms with van der Waals surface area (Å²) >= 11 is 0. The first-order valence-corrected chi connectivity index (χ1v) is 4.90. The van der Waals surface area contributed by atoms with Crippen LogP contribution >= 0.6 is 0 Å². The van der Waals surface area contributed by atoms with Gasteiger partial charge in [0.15, 0.2) is 0 Å². The van der Waals surface area contributed by atoms with Crippen molar-refractivity contribution in [3.05, 3.63) is 35.6 Å². The summed E-state index contributed by atoms with van der Waals surface area (Å²) in [5.41, 5.74) is 5.34. The molecular formula is C11H13FN2O3. The van der Waals surface area contributed by atoms with Crippen molar-refractivity contribution < 1.29 is 18.7 Å². The minimum Gasteiger partial charge on any atom is -0.375 e. The molecule has 0 aromatic heterocycles. The van der Waals surface area contributed by atoms with Crippen LogP contribution in [-0.2, 0) is 14.3 Å². The zero-order valence-corrected chi connectivity index (χ0v) is 9.27. The third-order valence-electron chi connectivity index (χ3n) is 2.18. The van der Waals surface area contributed by atoms with E-state index < -0.39 is 23.7 Å². The van der Waals surface area contributed by atoms with Gasteiger partial charge in [-0.15, -0.1) is 0 Å². The standard InChI is InChI=1S/C11H13FN2O3/c1-17-9(6-14-11(16)10(13)15)7-3-2-4-8(12)5-7/h2-5,9H,6H2,1H3,(H2,13,15)(H,14,16). The number of carbonyl (C=O) groups excluding carboxylic acids is 2. The molecule has 1 aromatic rings. The van der Waals surface area contributed by atoms with Crippen molar-refractivity contribution in [2.75, 3.05) is 13.7 Å². The smallest absolute Gasteiger partial charge is 0.309 e. The third kappa shape index (κ3) is 3.84. The number of carbonyl (C=O) groups is 2. The fourth-order valence-electron chi connectivity index (χ4n) is 1.32. The van der Waals surface area contributed by atoms with Crippen molar-refractivity contribution in [2.45, 2.75) is 6.10 Å². The molecule has 1 aromatic carbocycles. The van der Waals surface area contributed by atoms with E-state index in [1.807, 2.05) is 0 Å². The lowest BCUT2D eigenvalue weighted by Gasteiger charge is -2.15. The topological polar surface area (TPSA) is 81.4 Å². The number of nitrogens with one attached hydrogen (secondary N) is 1. The van der Waals surface area contributed by atoms with Crippen molar-refractivity contribution in [3.8, 4) is 0 Å².